The number of alkyl halides is 1. The molecule has 0 amide bonds. The lowest BCUT2D eigenvalue weighted by Crippen LogP contribution is -2.47. The van der Waals surface area contributed by atoms with Gasteiger partial charge in [0.1, 0.15) is 0 Å². The van der Waals surface area contributed by atoms with Crippen LogP contribution in [0.2, 0.25) is 0 Å². The summed E-state index contributed by atoms with van der Waals surface area (Å²) >= 11 is 3.65. The van der Waals surface area contributed by atoms with Gasteiger partial charge in [0, 0.05) is 29.3 Å². The molecule has 20 heavy (non-hydrogen) atoms. The highest BCUT2D eigenvalue weighted by molar-refractivity contribution is 9.09. The molecule has 2 fully saturated rings. The van der Waals surface area contributed by atoms with Crippen molar-refractivity contribution in [2.45, 2.75) is 49.0 Å². The first-order chi connectivity index (χ1) is 9.56. The molecule has 4 nitrogen and oxygen atoms in total. The highest BCUT2D eigenvalue weighted by Crippen LogP contribution is 2.40. The Kier molecular flexibility index (Phi) is 4.15. The Morgan fingerprint density at radius 1 is 1.20 bits per heavy atom. The Morgan fingerprint density at radius 3 is 2.40 bits per heavy atom. The molecule has 2 bridgehead atoms. The fraction of sp³-hybridized carbons (Fsp3) is 0.643. The maximum atomic E-state index is 12.6. The highest BCUT2D eigenvalue weighted by Gasteiger charge is 2.45. The molecule has 1 aromatic heterocycles. The minimum atomic E-state index is -3.15. The quantitative estimate of drug-likeness (QED) is 0.776. The molecule has 2 aliphatic heterocycles. The molecule has 2 aliphatic rings. The molecule has 0 aromatic carbocycles. The molecule has 0 N–H and O–H groups in total. The molecule has 3 rings (SSSR count). The molecule has 0 spiro atoms. The first kappa shape index (κ1) is 14.5. The van der Waals surface area contributed by atoms with E-state index in [1.54, 1.807) is 12.4 Å². The molecule has 6 heteroatoms. The summed E-state index contributed by atoms with van der Waals surface area (Å²) in [4.78, 5) is 4.44. The predicted octanol–water partition coefficient (Wildman–Crippen LogP) is 2.34. The van der Waals surface area contributed by atoms with Crippen molar-refractivity contribution in [1.29, 1.82) is 0 Å². The van der Waals surface area contributed by atoms with E-state index in [1.165, 1.54) is 0 Å². The average Bonchev–Trinajstić information content (AvgIpc) is 2.72. The Hall–Kier alpha value is -0.460. The smallest absolute Gasteiger partial charge is 0.214 e. The third-order valence-corrected chi connectivity index (χ3v) is 7.03. The summed E-state index contributed by atoms with van der Waals surface area (Å²) in [7, 11) is -3.15. The van der Waals surface area contributed by atoms with E-state index in [9.17, 15) is 8.42 Å². The van der Waals surface area contributed by atoms with Crippen molar-refractivity contribution < 1.29 is 8.42 Å². The van der Waals surface area contributed by atoms with Crippen LogP contribution in [0.4, 0.5) is 0 Å². The van der Waals surface area contributed by atoms with E-state index in [-0.39, 0.29) is 17.8 Å². The number of piperidine rings is 1. The Bertz CT molecular complexity index is 550. The number of hydrogen-bond donors (Lipinski definition) is 0. The van der Waals surface area contributed by atoms with Crippen LogP contribution in [-0.2, 0) is 16.4 Å². The lowest BCUT2D eigenvalue weighted by molar-refractivity contribution is 0.255. The molecule has 3 heterocycles. The summed E-state index contributed by atoms with van der Waals surface area (Å²) in [5, 5.41) is 0. The number of rotatable bonds is 4. The van der Waals surface area contributed by atoms with Gasteiger partial charge in [0.05, 0.1) is 5.75 Å². The van der Waals surface area contributed by atoms with Crippen LogP contribution in [0.5, 0.6) is 0 Å². The minimum absolute atomic E-state index is 0.205. The normalized spacial score (nSPS) is 30.6. The van der Waals surface area contributed by atoms with Gasteiger partial charge >= 0.3 is 0 Å². The van der Waals surface area contributed by atoms with Crippen LogP contribution in [0.15, 0.2) is 24.5 Å². The van der Waals surface area contributed by atoms with Gasteiger partial charge in [0.15, 0.2) is 0 Å². The van der Waals surface area contributed by atoms with E-state index in [1.807, 2.05) is 16.4 Å². The first-order valence-electron chi connectivity index (χ1n) is 7.10. The second kappa shape index (κ2) is 5.73. The summed E-state index contributed by atoms with van der Waals surface area (Å²) in [5.41, 5.74) is 1.03. The van der Waals surface area contributed by atoms with Gasteiger partial charge in [-0.05, 0) is 49.8 Å². The minimum Gasteiger partial charge on any atom is -0.265 e. The number of pyridine rings is 1. The number of halogens is 1. The first-order valence-corrected chi connectivity index (χ1v) is 9.63. The van der Waals surface area contributed by atoms with Gasteiger partial charge in [-0.15, -0.1) is 0 Å². The molecule has 2 unspecified atom stereocenters. The largest absolute Gasteiger partial charge is 0.265 e. The maximum Gasteiger partial charge on any atom is 0.214 e. The van der Waals surface area contributed by atoms with Crippen LogP contribution in [0.3, 0.4) is 0 Å². The molecule has 2 atom stereocenters. The zero-order chi connectivity index (χ0) is 14.2. The predicted molar refractivity (Wildman–Crippen MR) is 82.3 cm³/mol. The van der Waals surface area contributed by atoms with Crippen LogP contribution in [0.25, 0.3) is 0 Å². The summed E-state index contributed by atoms with van der Waals surface area (Å²) < 4.78 is 27.1. The molecule has 0 aliphatic carbocycles. The van der Waals surface area contributed by atoms with Crippen molar-refractivity contribution in [2.24, 2.45) is 0 Å². The summed E-state index contributed by atoms with van der Waals surface area (Å²) in [5.74, 6) is 0.205. The summed E-state index contributed by atoms with van der Waals surface area (Å²) in [6.45, 7) is 0. The monoisotopic (exact) mass is 358 g/mol. The van der Waals surface area contributed by atoms with Gasteiger partial charge in [0.25, 0.3) is 0 Å². The van der Waals surface area contributed by atoms with E-state index in [0.29, 0.717) is 11.2 Å². The number of aromatic nitrogens is 1. The van der Waals surface area contributed by atoms with Crippen molar-refractivity contribution in [3.63, 3.8) is 0 Å². The van der Waals surface area contributed by atoms with Gasteiger partial charge in [-0.1, -0.05) is 15.9 Å². The molecular formula is C14H19BrN2O2S. The zero-order valence-corrected chi connectivity index (χ0v) is 13.7. The molecule has 0 saturated carbocycles. The van der Waals surface area contributed by atoms with E-state index in [4.69, 9.17) is 0 Å². The molecule has 1 aromatic rings. The third kappa shape index (κ3) is 2.92. The van der Waals surface area contributed by atoms with Gasteiger partial charge in [0.2, 0.25) is 10.0 Å². The average molecular weight is 359 g/mol. The van der Waals surface area contributed by atoms with Gasteiger partial charge in [-0.3, -0.25) is 4.98 Å². The third-order valence-electron chi connectivity index (χ3n) is 4.33. The van der Waals surface area contributed by atoms with E-state index in [0.717, 1.165) is 31.2 Å². The number of nitrogens with zero attached hydrogens (tertiary/aromatic N) is 2. The van der Waals surface area contributed by atoms with E-state index >= 15 is 0 Å². The Balaban J connectivity index is 1.70. The van der Waals surface area contributed by atoms with Crippen LogP contribution in [0, 0.1) is 0 Å². The number of fused-ring (bicyclic) bond motifs is 2. The van der Waals surface area contributed by atoms with E-state index in [2.05, 4.69) is 20.9 Å². The Labute approximate surface area is 128 Å². The molecule has 110 valence electrons. The van der Waals surface area contributed by atoms with Crippen molar-refractivity contribution >= 4 is 26.0 Å². The van der Waals surface area contributed by atoms with Gasteiger partial charge in [-0.25, -0.2) is 8.42 Å². The summed E-state index contributed by atoms with van der Waals surface area (Å²) in [6, 6.07) is 4.19. The fourth-order valence-electron chi connectivity index (χ4n) is 3.42. The number of aryl methyl sites for hydroxylation is 1. The lowest BCUT2D eigenvalue weighted by atomic mass is 10.1. The molecule has 2 saturated heterocycles. The Morgan fingerprint density at radius 2 is 1.80 bits per heavy atom. The van der Waals surface area contributed by atoms with Crippen LogP contribution in [0.1, 0.15) is 31.2 Å². The molecule has 0 radical (unpaired) electrons. The fourth-order valence-corrected chi connectivity index (χ4v) is 6.28. The van der Waals surface area contributed by atoms with Crippen LogP contribution >= 0.6 is 15.9 Å². The number of sulfonamides is 1. The summed E-state index contributed by atoms with van der Waals surface area (Å²) in [6.07, 6.45) is 7.92. The van der Waals surface area contributed by atoms with Crippen LogP contribution in [-0.4, -0.2) is 40.4 Å². The highest BCUT2D eigenvalue weighted by atomic mass is 79.9. The lowest BCUT2D eigenvalue weighted by Gasteiger charge is -2.36. The van der Waals surface area contributed by atoms with Crippen molar-refractivity contribution in [3.8, 4) is 0 Å². The van der Waals surface area contributed by atoms with Crippen LogP contribution < -0.4 is 0 Å². The van der Waals surface area contributed by atoms with Crippen molar-refractivity contribution in [3.05, 3.63) is 30.1 Å². The number of hydrogen-bond acceptors (Lipinski definition) is 3. The topological polar surface area (TPSA) is 50.3 Å². The van der Waals surface area contributed by atoms with E-state index < -0.39 is 10.0 Å². The second-order valence-corrected chi connectivity index (χ2v) is 8.99. The van der Waals surface area contributed by atoms with Gasteiger partial charge in [-0.2, -0.15) is 4.31 Å². The van der Waals surface area contributed by atoms with Gasteiger partial charge < -0.3 is 0 Å². The van der Waals surface area contributed by atoms with Crippen molar-refractivity contribution in [2.75, 3.05) is 5.75 Å². The SMILES string of the molecule is O=S(=O)(CCc1ccncc1)N1C2CCC1CC(Br)C2. The second-order valence-electron chi connectivity index (χ2n) is 5.71. The molecular weight excluding hydrogens is 340 g/mol. The maximum absolute atomic E-state index is 12.6. The van der Waals surface area contributed by atoms with Crippen molar-refractivity contribution in [1.82, 2.24) is 9.29 Å². The zero-order valence-electron chi connectivity index (χ0n) is 11.3. The standard InChI is InChI=1S/C14H19BrN2O2S/c15-12-9-13-1-2-14(10-12)17(13)20(18,19)8-5-11-3-6-16-7-4-11/h3-4,6-7,12-14H,1-2,5,8-10H2.